The van der Waals surface area contributed by atoms with Gasteiger partial charge < -0.3 is 14.4 Å². The lowest BCUT2D eigenvalue weighted by molar-refractivity contribution is -0.140. The van der Waals surface area contributed by atoms with Crippen LogP contribution in [0.5, 0.6) is 5.75 Å². The summed E-state index contributed by atoms with van der Waals surface area (Å²) in [6, 6.07) is 22.4. The molecule has 0 radical (unpaired) electrons. The van der Waals surface area contributed by atoms with E-state index in [1.54, 1.807) is 6.08 Å². The van der Waals surface area contributed by atoms with E-state index < -0.39 is 5.97 Å². The third-order valence-electron chi connectivity index (χ3n) is 5.76. The quantitative estimate of drug-likeness (QED) is 0.218. The van der Waals surface area contributed by atoms with Gasteiger partial charge in [-0.3, -0.25) is 14.5 Å². The highest BCUT2D eigenvalue weighted by Gasteiger charge is 2.40. The zero-order chi connectivity index (χ0) is 25.7. The number of rotatable bonds is 8. The standard InChI is InChI=1S/C28H25ClN2O4S/c1-3-19-6-12-23(13-7-19)31-27(33)25(30(28(31)36)17-26(32)34-2)16-20-8-14-24(15-9-20)35-18-21-4-10-22(29)11-5-21/h4-16H,3,17-18H2,1-2H3/b25-16-. The molecule has 6 nitrogen and oxygen atoms in total. The number of carbonyl (C=O) groups is 2. The van der Waals surface area contributed by atoms with Crippen molar-refractivity contribution in [1.82, 2.24) is 4.90 Å². The zero-order valence-corrected chi connectivity index (χ0v) is 21.5. The van der Waals surface area contributed by atoms with Crippen LogP contribution in [0.1, 0.15) is 23.6 Å². The number of anilines is 1. The van der Waals surface area contributed by atoms with Gasteiger partial charge in [-0.1, -0.05) is 54.9 Å². The molecule has 0 N–H and O–H groups in total. The Morgan fingerprint density at radius 1 is 0.972 bits per heavy atom. The molecule has 1 heterocycles. The second kappa shape index (κ2) is 11.4. The summed E-state index contributed by atoms with van der Waals surface area (Å²) in [7, 11) is 1.30. The molecule has 1 fully saturated rings. The Kier molecular flexibility index (Phi) is 8.03. The topological polar surface area (TPSA) is 59.1 Å². The summed E-state index contributed by atoms with van der Waals surface area (Å²) in [6.45, 7) is 2.30. The molecule has 4 rings (SSSR count). The second-order valence-electron chi connectivity index (χ2n) is 8.12. The second-order valence-corrected chi connectivity index (χ2v) is 8.92. The van der Waals surface area contributed by atoms with Gasteiger partial charge in [0, 0.05) is 5.02 Å². The summed E-state index contributed by atoms with van der Waals surface area (Å²) < 4.78 is 10.7. The molecule has 0 saturated carbocycles. The molecule has 3 aromatic rings. The highest BCUT2D eigenvalue weighted by atomic mass is 35.5. The van der Waals surface area contributed by atoms with Crippen molar-refractivity contribution < 1.29 is 19.1 Å². The number of halogens is 1. The van der Waals surface area contributed by atoms with E-state index in [4.69, 9.17) is 33.3 Å². The lowest BCUT2D eigenvalue weighted by Crippen LogP contribution is -2.35. The molecule has 3 aromatic carbocycles. The fourth-order valence-electron chi connectivity index (χ4n) is 3.70. The van der Waals surface area contributed by atoms with Gasteiger partial charge in [0.2, 0.25) is 0 Å². The summed E-state index contributed by atoms with van der Waals surface area (Å²) >= 11 is 11.5. The summed E-state index contributed by atoms with van der Waals surface area (Å²) in [5.74, 6) is -0.120. The minimum atomic E-state index is -0.495. The maximum Gasteiger partial charge on any atom is 0.325 e. The van der Waals surface area contributed by atoms with Gasteiger partial charge in [-0.25, -0.2) is 0 Å². The third-order valence-corrected chi connectivity index (χ3v) is 6.41. The molecule has 1 aliphatic heterocycles. The number of carbonyl (C=O) groups excluding carboxylic acids is 2. The number of nitrogens with zero attached hydrogens (tertiary/aromatic N) is 2. The summed E-state index contributed by atoms with van der Waals surface area (Å²) in [6.07, 6.45) is 2.60. The summed E-state index contributed by atoms with van der Waals surface area (Å²) in [5.41, 5.74) is 3.85. The Balaban J connectivity index is 1.56. The van der Waals surface area contributed by atoms with Crippen LogP contribution in [0.4, 0.5) is 5.69 Å². The largest absolute Gasteiger partial charge is 0.489 e. The van der Waals surface area contributed by atoms with Crippen molar-refractivity contribution in [2.75, 3.05) is 18.6 Å². The van der Waals surface area contributed by atoms with Gasteiger partial charge in [-0.2, -0.15) is 0 Å². The molecule has 36 heavy (non-hydrogen) atoms. The Hall–Kier alpha value is -3.68. The van der Waals surface area contributed by atoms with Crippen LogP contribution in [0.25, 0.3) is 6.08 Å². The molecular weight excluding hydrogens is 496 g/mol. The molecule has 0 aromatic heterocycles. The third kappa shape index (κ3) is 5.75. The maximum atomic E-state index is 13.4. The van der Waals surface area contributed by atoms with E-state index in [-0.39, 0.29) is 17.6 Å². The molecule has 0 aliphatic carbocycles. The van der Waals surface area contributed by atoms with Gasteiger partial charge >= 0.3 is 5.97 Å². The minimum Gasteiger partial charge on any atom is -0.489 e. The molecule has 0 spiro atoms. The van der Waals surface area contributed by atoms with Crippen LogP contribution in [0, 0.1) is 0 Å². The fraction of sp³-hybridized carbons (Fsp3) is 0.179. The fourth-order valence-corrected chi connectivity index (χ4v) is 4.18. The van der Waals surface area contributed by atoms with E-state index in [0.717, 1.165) is 23.1 Å². The predicted molar refractivity (Wildman–Crippen MR) is 145 cm³/mol. The van der Waals surface area contributed by atoms with Crippen LogP contribution in [-0.4, -0.2) is 35.5 Å². The monoisotopic (exact) mass is 520 g/mol. The Labute approximate surface area is 220 Å². The molecule has 0 bridgehead atoms. The first kappa shape index (κ1) is 25.4. The number of hydrogen-bond donors (Lipinski definition) is 0. The lowest BCUT2D eigenvalue weighted by Gasteiger charge is -2.19. The highest BCUT2D eigenvalue weighted by molar-refractivity contribution is 7.80. The normalized spacial score (nSPS) is 14.5. The SMILES string of the molecule is CCc1ccc(N2C(=O)/C(=C/c3ccc(OCc4ccc(Cl)cc4)cc3)N(CC(=O)OC)C2=S)cc1. The van der Waals surface area contributed by atoms with Gasteiger partial charge in [-0.15, -0.1) is 0 Å². The summed E-state index contributed by atoms with van der Waals surface area (Å²) in [4.78, 5) is 28.5. The molecular formula is C28H25ClN2O4S. The molecule has 8 heteroatoms. The van der Waals surface area contributed by atoms with Gasteiger partial charge in [0.1, 0.15) is 24.6 Å². The highest BCUT2D eigenvalue weighted by Crippen LogP contribution is 2.30. The van der Waals surface area contributed by atoms with Crippen LogP contribution in [0.15, 0.2) is 78.5 Å². The lowest BCUT2D eigenvalue weighted by atomic mass is 10.1. The van der Waals surface area contributed by atoms with Crippen LogP contribution in [0.2, 0.25) is 5.02 Å². The molecule has 1 amide bonds. The van der Waals surface area contributed by atoms with E-state index in [1.807, 2.05) is 72.8 Å². The Bertz CT molecular complexity index is 1290. The minimum absolute atomic E-state index is 0.168. The summed E-state index contributed by atoms with van der Waals surface area (Å²) in [5, 5.41) is 0.902. The van der Waals surface area contributed by atoms with Crippen molar-refractivity contribution >= 4 is 52.6 Å². The molecule has 1 aliphatic rings. The van der Waals surface area contributed by atoms with Crippen LogP contribution >= 0.6 is 23.8 Å². The van der Waals surface area contributed by atoms with Gasteiger partial charge in [0.15, 0.2) is 5.11 Å². The van der Waals surface area contributed by atoms with Crippen molar-refractivity contribution in [1.29, 1.82) is 0 Å². The molecule has 0 unspecified atom stereocenters. The number of thiocarbonyl (C=S) groups is 1. The predicted octanol–water partition coefficient (Wildman–Crippen LogP) is 5.63. The number of methoxy groups -OCH3 is 1. The number of esters is 1. The number of benzene rings is 3. The zero-order valence-electron chi connectivity index (χ0n) is 19.9. The van der Waals surface area contributed by atoms with E-state index in [9.17, 15) is 9.59 Å². The number of ether oxygens (including phenoxy) is 2. The van der Waals surface area contributed by atoms with Crippen LogP contribution < -0.4 is 9.64 Å². The van der Waals surface area contributed by atoms with Crippen molar-refractivity contribution in [3.63, 3.8) is 0 Å². The first-order valence-electron chi connectivity index (χ1n) is 11.4. The van der Waals surface area contributed by atoms with Gasteiger partial charge in [0.25, 0.3) is 5.91 Å². The van der Waals surface area contributed by atoms with Crippen molar-refractivity contribution in [2.24, 2.45) is 0 Å². The molecule has 184 valence electrons. The van der Waals surface area contributed by atoms with E-state index in [1.165, 1.54) is 16.9 Å². The Morgan fingerprint density at radius 3 is 2.22 bits per heavy atom. The number of amides is 1. The van der Waals surface area contributed by atoms with Gasteiger partial charge in [-0.05, 0) is 77.8 Å². The number of aryl methyl sites for hydroxylation is 1. The first-order valence-corrected chi connectivity index (χ1v) is 12.2. The van der Waals surface area contributed by atoms with Crippen molar-refractivity contribution in [3.05, 3.63) is 100 Å². The van der Waals surface area contributed by atoms with E-state index in [0.29, 0.717) is 28.8 Å². The average Bonchev–Trinajstić information content (AvgIpc) is 3.13. The Morgan fingerprint density at radius 2 is 1.61 bits per heavy atom. The average molecular weight is 521 g/mol. The van der Waals surface area contributed by atoms with Crippen LogP contribution in [-0.2, 0) is 27.4 Å². The maximum absolute atomic E-state index is 13.4. The van der Waals surface area contributed by atoms with E-state index >= 15 is 0 Å². The van der Waals surface area contributed by atoms with Gasteiger partial charge in [0.05, 0.1) is 12.8 Å². The van der Waals surface area contributed by atoms with Crippen molar-refractivity contribution in [2.45, 2.75) is 20.0 Å². The molecule has 0 atom stereocenters. The first-order chi connectivity index (χ1) is 17.4. The van der Waals surface area contributed by atoms with Crippen molar-refractivity contribution in [3.8, 4) is 5.75 Å². The smallest absolute Gasteiger partial charge is 0.325 e. The van der Waals surface area contributed by atoms with E-state index in [2.05, 4.69) is 6.92 Å². The van der Waals surface area contributed by atoms with Crippen LogP contribution in [0.3, 0.4) is 0 Å². The number of hydrogen-bond acceptors (Lipinski definition) is 5. The molecule has 1 saturated heterocycles.